The van der Waals surface area contributed by atoms with Crippen molar-refractivity contribution in [3.63, 3.8) is 0 Å². The summed E-state index contributed by atoms with van der Waals surface area (Å²) in [5, 5.41) is 32.7. The summed E-state index contributed by atoms with van der Waals surface area (Å²) in [7, 11) is 1.31. The average molecular weight is 559 g/mol. The molecule has 0 aliphatic carbocycles. The van der Waals surface area contributed by atoms with Crippen molar-refractivity contribution < 1.29 is 14.6 Å². The van der Waals surface area contributed by atoms with Crippen molar-refractivity contribution in [2.24, 2.45) is 5.41 Å². The molecular weight excluding hydrogens is 528 g/mol. The van der Waals surface area contributed by atoms with Crippen LogP contribution in [0.5, 0.6) is 0 Å². The van der Waals surface area contributed by atoms with Crippen LogP contribution in [0.3, 0.4) is 0 Å². The Morgan fingerprint density at radius 3 is 2.85 bits per heavy atom. The van der Waals surface area contributed by atoms with Crippen LogP contribution in [0.2, 0.25) is 5.02 Å². The summed E-state index contributed by atoms with van der Waals surface area (Å²) in [5.74, 6) is -0.691. The number of nitriles is 1. The fourth-order valence-corrected chi connectivity index (χ4v) is 7.20. The van der Waals surface area contributed by atoms with Crippen molar-refractivity contribution in [1.82, 2.24) is 24.5 Å². The van der Waals surface area contributed by atoms with E-state index in [1.807, 2.05) is 59.6 Å². The smallest absolute Gasteiger partial charge is 0.359 e. The number of piperidine rings is 1. The standard InChI is InChI=1S/C30H31ClN6O3/c1-3-29-13-7-14-35(19-32)27(29)26-23(12-15-36-17-24(33-34-36)20-8-6-9-21(31)16-20)22-10-4-5-11-25(22)37(26)30(39,18-29)28(38)40-2/h4-6,8-11,16-17,27,39H,3,7,12-15,18H2,1-2H3/t27-,29+,30+/m1/s1. The van der Waals surface area contributed by atoms with E-state index >= 15 is 0 Å². The first kappa shape index (κ1) is 26.4. The summed E-state index contributed by atoms with van der Waals surface area (Å²) in [6.07, 6.45) is 7.39. The van der Waals surface area contributed by atoms with Gasteiger partial charge in [-0.05, 0) is 49.4 Å². The maximum Gasteiger partial charge on any atom is 0.359 e. The second-order valence-electron chi connectivity index (χ2n) is 10.8. The minimum absolute atomic E-state index is 0.184. The van der Waals surface area contributed by atoms with E-state index < -0.39 is 17.1 Å². The Hall–Kier alpha value is -3.87. The lowest BCUT2D eigenvalue weighted by Crippen LogP contribution is -2.58. The third-order valence-electron chi connectivity index (χ3n) is 8.81. The molecule has 1 fully saturated rings. The number of para-hydroxylation sites is 1. The first-order valence-electron chi connectivity index (χ1n) is 13.6. The molecular formula is C30H31ClN6O3. The molecule has 0 radical (unpaired) electrons. The molecule has 0 unspecified atom stereocenters. The van der Waals surface area contributed by atoms with Crippen LogP contribution in [0.15, 0.2) is 54.7 Å². The SMILES string of the molecule is CC[C@@]12CCCN(C#N)[C@@H]1c1c(CCn3cc(-c4cccc(Cl)c4)nn3)c3ccccc3n1[C@@](O)(C(=O)OC)C2. The largest absolute Gasteiger partial charge is 0.465 e. The topological polar surface area (TPSA) is 109 Å². The summed E-state index contributed by atoms with van der Waals surface area (Å²) in [6.45, 7) is 3.23. The number of carbonyl (C=O) groups excluding carboxylic acids is 1. The zero-order valence-electron chi connectivity index (χ0n) is 22.5. The Kier molecular flexibility index (Phi) is 6.56. The molecule has 0 saturated carbocycles. The van der Waals surface area contributed by atoms with E-state index in [1.165, 1.54) is 7.11 Å². The highest BCUT2D eigenvalue weighted by Crippen LogP contribution is 2.59. The van der Waals surface area contributed by atoms with Crippen LogP contribution >= 0.6 is 11.6 Å². The van der Waals surface area contributed by atoms with E-state index in [0.717, 1.165) is 46.3 Å². The minimum atomic E-state index is -1.89. The number of benzene rings is 2. The molecule has 0 amide bonds. The van der Waals surface area contributed by atoms with Crippen molar-refractivity contribution >= 4 is 28.5 Å². The number of methoxy groups -OCH3 is 1. The summed E-state index contributed by atoms with van der Waals surface area (Å²) in [6, 6.07) is 15.0. The third-order valence-corrected chi connectivity index (χ3v) is 9.04. The van der Waals surface area contributed by atoms with E-state index in [2.05, 4.69) is 23.4 Å². The molecule has 9 nitrogen and oxygen atoms in total. The molecule has 2 aromatic heterocycles. The number of aliphatic hydroxyl groups is 1. The second kappa shape index (κ2) is 9.95. The number of hydrogen-bond acceptors (Lipinski definition) is 7. The fraction of sp³-hybridized carbons (Fsp3) is 0.400. The highest BCUT2D eigenvalue weighted by Gasteiger charge is 2.59. The van der Waals surface area contributed by atoms with Crippen molar-refractivity contribution in [3.05, 3.63) is 71.0 Å². The van der Waals surface area contributed by atoms with Gasteiger partial charge in [0, 0.05) is 46.6 Å². The zero-order valence-corrected chi connectivity index (χ0v) is 23.3. The molecule has 4 heterocycles. The van der Waals surface area contributed by atoms with Gasteiger partial charge in [-0.1, -0.05) is 54.1 Å². The summed E-state index contributed by atoms with van der Waals surface area (Å²) < 4.78 is 8.73. The number of fused-ring (bicyclic) bond motifs is 5. The van der Waals surface area contributed by atoms with Gasteiger partial charge in [-0.25, -0.2) is 4.79 Å². The van der Waals surface area contributed by atoms with Gasteiger partial charge in [0.2, 0.25) is 5.72 Å². The van der Waals surface area contributed by atoms with Gasteiger partial charge in [0.25, 0.3) is 0 Å². The Morgan fingerprint density at radius 1 is 1.27 bits per heavy atom. The Balaban J connectivity index is 1.50. The molecule has 4 aromatic rings. The van der Waals surface area contributed by atoms with Crippen molar-refractivity contribution in [1.29, 1.82) is 5.26 Å². The lowest BCUT2D eigenvalue weighted by molar-refractivity contribution is -0.191. The van der Waals surface area contributed by atoms with Gasteiger partial charge in [0.05, 0.1) is 24.9 Å². The van der Waals surface area contributed by atoms with Gasteiger partial charge in [0.15, 0.2) is 6.19 Å². The molecule has 0 bridgehead atoms. The van der Waals surface area contributed by atoms with Crippen molar-refractivity contribution in [3.8, 4) is 17.5 Å². The van der Waals surface area contributed by atoms with Gasteiger partial charge >= 0.3 is 5.97 Å². The molecule has 1 saturated heterocycles. The molecule has 2 aromatic carbocycles. The molecule has 1 N–H and O–H groups in total. The first-order chi connectivity index (χ1) is 19.3. The number of hydrogen-bond donors (Lipinski definition) is 1. The van der Waals surface area contributed by atoms with Crippen LogP contribution in [0.1, 0.15) is 49.9 Å². The molecule has 3 atom stereocenters. The van der Waals surface area contributed by atoms with E-state index in [9.17, 15) is 15.2 Å². The van der Waals surface area contributed by atoms with Crippen LogP contribution in [0.4, 0.5) is 0 Å². The predicted octanol–water partition coefficient (Wildman–Crippen LogP) is 5.03. The number of rotatable bonds is 6. The third kappa shape index (κ3) is 3.97. The highest BCUT2D eigenvalue weighted by atomic mass is 35.5. The maximum absolute atomic E-state index is 13.3. The molecule has 6 rings (SSSR count). The lowest BCUT2D eigenvalue weighted by atomic mass is 9.63. The first-order valence-corrected chi connectivity index (χ1v) is 14.0. The molecule has 0 spiro atoms. The second-order valence-corrected chi connectivity index (χ2v) is 11.3. The van der Waals surface area contributed by atoms with Crippen LogP contribution in [-0.2, 0) is 28.2 Å². The summed E-state index contributed by atoms with van der Waals surface area (Å²) >= 11 is 6.17. The average Bonchev–Trinajstić information content (AvgIpc) is 3.58. The molecule has 206 valence electrons. The lowest BCUT2D eigenvalue weighted by Gasteiger charge is -2.55. The highest BCUT2D eigenvalue weighted by molar-refractivity contribution is 6.30. The van der Waals surface area contributed by atoms with E-state index in [4.69, 9.17) is 16.3 Å². The van der Waals surface area contributed by atoms with Gasteiger partial charge in [-0.2, -0.15) is 5.26 Å². The number of halogens is 1. The number of esters is 1. The molecule has 40 heavy (non-hydrogen) atoms. The van der Waals surface area contributed by atoms with E-state index in [0.29, 0.717) is 31.0 Å². The number of carbonyl (C=O) groups is 1. The van der Waals surface area contributed by atoms with Gasteiger partial charge in [0.1, 0.15) is 5.69 Å². The van der Waals surface area contributed by atoms with Crippen LogP contribution in [-0.4, -0.2) is 49.2 Å². The summed E-state index contributed by atoms with van der Waals surface area (Å²) in [5.41, 5.74) is 1.78. The van der Waals surface area contributed by atoms with E-state index in [-0.39, 0.29) is 12.5 Å². The van der Waals surface area contributed by atoms with Crippen molar-refractivity contribution in [2.75, 3.05) is 13.7 Å². The zero-order chi connectivity index (χ0) is 28.1. The normalized spacial score (nSPS) is 23.9. The Bertz CT molecular complexity index is 1640. The fourth-order valence-electron chi connectivity index (χ4n) is 7.01. The van der Waals surface area contributed by atoms with Gasteiger partial charge in [-0.15, -0.1) is 5.10 Å². The predicted molar refractivity (Wildman–Crippen MR) is 150 cm³/mol. The molecule has 2 aliphatic heterocycles. The minimum Gasteiger partial charge on any atom is -0.465 e. The Morgan fingerprint density at radius 2 is 2.10 bits per heavy atom. The van der Waals surface area contributed by atoms with Crippen molar-refractivity contribution in [2.45, 2.75) is 57.3 Å². The summed E-state index contributed by atoms with van der Waals surface area (Å²) in [4.78, 5) is 15.2. The number of ether oxygens (including phenoxy) is 1. The molecule has 2 aliphatic rings. The van der Waals surface area contributed by atoms with Crippen LogP contribution in [0, 0.1) is 16.9 Å². The van der Waals surface area contributed by atoms with Gasteiger partial charge in [-0.3, -0.25) is 4.68 Å². The van der Waals surface area contributed by atoms with Crippen LogP contribution in [0.25, 0.3) is 22.2 Å². The Labute approximate surface area is 237 Å². The maximum atomic E-state index is 13.3. The van der Waals surface area contributed by atoms with Crippen LogP contribution < -0.4 is 0 Å². The number of aryl methyl sites for hydroxylation is 2. The number of nitrogens with zero attached hydrogens (tertiary/aromatic N) is 6. The molecule has 10 heteroatoms. The van der Waals surface area contributed by atoms with Gasteiger partial charge < -0.3 is 19.3 Å². The number of aromatic nitrogens is 4. The van der Waals surface area contributed by atoms with E-state index in [1.54, 1.807) is 9.25 Å². The monoisotopic (exact) mass is 558 g/mol. The number of likely N-dealkylation sites (tertiary alicyclic amines) is 1. The quantitative estimate of drug-likeness (QED) is 0.261.